The summed E-state index contributed by atoms with van der Waals surface area (Å²) in [5.74, 6) is -0.326. The van der Waals surface area contributed by atoms with Gasteiger partial charge >= 0.3 is 0 Å². The van der Waals surface area contributed by atoms with Crippen LogP contribution in [-0.4, -0.2) is 22.4 Å². The molecule has 0 radical (unpaired) electrons. The second-order valence-corrected chi connectivity index (χ2v) is 5.49. The zero-order valence-electron chi connectivity index (χ0n) is 8.75. The molecule has 4 nitrogen and oxygen atoms in total. The summed E-state index contributed by atoms with van der Waals surface area (Å²) in [6.07, 6.45) is 2.13. The average molecular weight is 298 g/mol. The molecule has 0 aliphatic rings. The van der Waals surface area contributed by atoms with E-state index in [2.05, 4.69) is 17.2 Å². The maximum absolute atomic E-state index is 11.7. The highest BCUT2D eigenvalue weighted by Crippen LogP contribution is 2.29. The van der Waals surface area contributed by atoms with Crippen molar-refractivity contribution in [2.45, 2.75) is 9.96 Å². The van der Waals surface area contributed by atoms with E-state index in [9.17, 15) is 4.79 Å². The van der Waals surface area contributed by atoms with Crippen LogP contribution >= 0.6 is 34.8 Å². The van der Waals surface area contributed by atoms with Crippen LogP contribution in [0.25, 0.3) is 0 Å². The fraction of sp³-hybridized carbons (Fsp3) is 0.300. The predicted octanol–water partition coefficient (Wildman–Crippen LogP) is 2.48. The van der Waals surface area contributed by atoms with Crippen molar-refractivity contribution in [3.63, 3.8) is 0 Å². The maximum Gasteiger partial charge on any atom is 0.288 e. The van der Waals surface area contributed by atoms with E-state index < -0.39 is 15.9 Å². The molecular weight excluding hydrogens is 286 g/mol. The fourth-order valence-corrected chi connectivity index (χ4v) is 1.45. The Labute approximate surface area is 114 Å². The molecule has 1 rings (SSSR count). The summed E-state index contributed by atoms with van der Waals surface area (Å²) in [6, 6.07) is 3.11. The van der Waals surface area contributed by atoms with Gasteiger partial charge in [0, 0.05) is 6.54 Å². The van der Waals surface area contributed by atoms with Crippen LogP contribution in [0, 0.1) is 0 Å². The molecule has 2 N–H and O–H groups in total. The number of amides is 1. The number of halogens is 3. The Bertz CT molecular complexity index is 373. The summed E-state index contributed by atoms with van der Waals surface area (Å²) in [5, 5.41) is 5.32. The van der Waals surface area contributed by atoms with Gasteiger partial charge in [-0.3, -0.25) is 10.1 Å². The maximum atomic E-state index is 11.7. The van der Waals surface area contributed by atoms with Crippen molar-refractivity contribution in [2.24, 2.45) is 0 Å². The van der Waals surface area contributed by atoms with Crippen molar-refractivity contribution in [1.29, 1.82) is 0 Å². The first kappa shape index (κ1) is 14.4. The van der Waals surface area contributed by atoms with E-state index in [0.717, 1.165) is 0 Å². The number of alkyl halides is 3. The second-order valence-electron chi connectivity index (χ2n) is 3.12. The summed E-state index contributed by atoms with van der Waals surface area (Å²) in [6.45, 7) is 3.91. The third-order valence-corrected chi connectivity index (χ3v) is 2.47. The van der Waals surface area contributed by atoms with Crippen molar-refractivity contribution in [3.8, 4) is 0 Å². The first-order valence-corrected chi connectivity index (χ1v) is 5.84. The van der Waals surface area contributed by atoms with E-state index in [-0.39, 0.29) is 5.76 Å². The van der Waals surface area contributed by atoms with Gasteiger partial charge in [-0.2, -0.15) is 0 Å². The van der Waals surface area contributed by atoms with E-state index in [1.165, 1.54) is 12.3 Å². The lowest BCUT2D eigenvalue weighted by Gasteiger charge is -2.25. The van der Waals surface area contributed by atoms with Crippen molar-refractivity contribution < 1.29 is 9.21 Å². The summed E-state index contributed by atoms with van der Waals surface area (Å²) in [5.41, 5.74) is 0. The Hall–Kier alpha value is -0.680. The van der Waals surface area contributed by atoms with Gasteiger partial charge in [-0.15, -0.1) is 6.58 Å². The Kier molecular flexibility index (Phi) is 5.33. The van der Waals surface area contributed by atoms with Crippen LogP contribution in [0.15, 0.2) is 35.5 Å². The molecule has 1 aromatic heterocycles. The van der Waals surface area contributed by atoms with Gasteiger partial charge in [0.15, 0.2) is 5.76 Å². The van der Waals surface area contributed by atoms with Gasteiger partial charge in [0.1, 0.15) is 6.17 Å². The van der Waals surface area contributed by atoms with Crippen LogP contribution < -0.4 is 10.6 Å². The average Bonchev–Trinajstić information content (AvgIpc) is 2.75. The summed E-state index contributed by atoms with van der Waals surface area (Å²) in [4.78, 5) is 11.7. The smallest absolute Gasteiger partial charge is 0.288 e. The van der Waals surface area contributed by atoms with E-state index in [0.29, 0.717) is 6.54 Å². The van der Waals surface area contributed by atoms with Crippen LogP contribution in [0.4, 0.5) is 0 Å². The van der Waals surface area contributed by atoms with Gasteiger partial charge in [0.25, 0.3) is 5.91 Å². The zero-order chi connectivity index (χ0) is 12.9. The lowest BCUT2D eigenvalue weighted by molar-refractivity contribution is 0.0902. The summed E-state index contributed by atoms with van der Waals surface area (Å²) in [7, 11) is 0. The molecule has 0 aliphatic heterocycles. The van der Waals surface area contributed by atoms with E-state index >= 15 is 0 Å². The first-order valence-electron chi connectivity index (χ1n) is 4.70. The van der Waals surface area contributed by atoms with Gasteiger partial charge in [-0.25, -0.2) is 0 Å². The number of carbonyl (C=O) groups is 1. The fourth-order valence-electron chi connectivity index (χ4n) is 1.06. The molecule has 1 unspecified atom stereocenters. The largest absolute Gasteiger partial charge is 0.459 e. The van der Waals surface area contributed by atoms with Gasteiger partial charge in [-0.05, 0) is 12.1 Å². The molecule has 17 heavy (non-hydrogen) atoms. The van der Waals surface area contributed by atoms with Crippen LogP contribution in [0.1, 0.15) is 10.6 Å². The highest BCUT2D eigenvalue weighted by molar-refractivity contribution is 6.68. The molecule has 1 atom stereocenters. The Balaban J connectivity index is 2.66. The number of nitrogens with one attached hydrogen (secondary N) is 2. The lowest BCUT2D eigenvalue weighted by Crippen LogP contribution is -2.53. The van der Waals surface area contributed by atoms with Gasteiger partial charge in [-0.1, -0.05) is 40.9 Å². The number of carbonyl (C=O) groups excluding carboxylic acids is 1. The van der Waals surface area contributed by atoms with E-state index in [1.54, 1.807) is 12.1 Å². The normalized spacial score (nSPS) is 13.1. The molecule has 0 bridgehead atoms. The molecule has 94 valence electrons. The predicted molar refractivity (Wildman–Crippen MR) is 68.5 cm³/mol. The van der Waals surface area contributed by atoms with Crippen LogP contribution in [0.5, 0.6) is 0 Å². The monoisotopic (exact) mass is 296 g/mol. The number of hydrogen-bond donors (Lipinski definition) is 2. The molecule has 7 heteroatoms. The summed E-state index contributed by atoms with van der Waals surface area (Å²) < 4.78 is 3.25. The van der Waals surface area contributed by atoms with Crippen molar-refractivity contribution >= 4 is 40.7 Å². The minimum absolute atomic E-state index is 0.143. The molecule has 0 saturated carbocycles. The molecule has 0 aliphatic carbocycles. The molecule has 0 saturated heterocycles. The Morgan fingerprint density at radius 2 is 2.29 bits per heavy atom. The Morgan fingerprint density at radius 3 is 2.76 bits per heavy atom. The van der Waals surface area contributed by atoms with Crippen LogP contribution in [0.2, 0.25) is 0 Å². The molecule has 0 fully saturated rings. The zero-order valence-corrected chi connectivity index (χ0v) is 11.0. The second kappa shape index (κ2) is 6.31. The lowest BCUT2D eigenvalue weighted by atomic mass is 10.4. The Morgan fingerprint density at radius 1 is 1.59 bits per heavy atom. The SMILES string of the molecule is C=CCNC(NC(=O)c1ccco1)C(Cl)(Cl)Cl. The van der Waals surface area contributed by atoms with Crippen LogP contribution in [0.3, 0.4) is 0 Å². The standard InChI is InChI=1S/C10H11Cl3N2O2/c1-2-5-14-9(10(11,12)13)15-8(16)7-4-3-6-17-7/h2-4,6,9,14H,1,5H2,(H,15,16). The molecule has 1 aromatic rings. The van der Waals surface area contributed by atoms with Crippen LogP contribution in [-0.2, 0) is 0 Å². The van der Waals surface area contributed by atoms with Crippen molar-refractivity contribution in [2.75, 3.05) is 6.54 Å². The highest BCUT2D eigenvalue weighted by Gasteiger charge is 2.33. The third-order valence-electron chi connectivity index (χ3n) is 1.81. The number of furan rings is 1. The molecule has 1 amide bonds. The highest BCUT2D eigenvalue weighted by atomic mass is 35.6. The quantitative estimate of drug-likeness (QED) is 0.499. The molecule has 0 aromatic carbocycles. The molecule has 0 spiro atoms. The topological polar surface area (TPSA) is 54.3 Å². The third kappa shape index (κ3) is 4.60. The summed E-state index contributed by atoms with van der Waals surface area (Å²) >= 11 is 17.2. The minimum atomic E-state index is -1.68. The van der Waals surface area contributed by atoms with Crippen molar-refractivity contribution in [1.82, 2.24) is 10.6 Å². The van der Waals surface area contributed by atoms with Gasteiger partial charge in [0.2, 0.25) is 3.79 Å². The number of hydrogen-bond acceptors (Lipinski definition) is 3. The van der Waals surface area contributed by atoms with Gasteiger partial charge in [0.05, 0.1) is 6.26 Å². The van der Waals surface area contributed by atoms with Gasteiger partial charge < -0.3 is 9.73 Å². The molecule has 1 heterocycles. The first-order chi connectivity index (χ1) is 7.95. The van der Waals surface area contributed by atoms with E-state index in [4.69, 9.17) is 39.2 Å². The minimum Gasteiger partial charge on any atom is -0.459 e. The molecular formula is C10H11Cl3N2O2. The van der Waals surface area contributed by atoms with Crippen molar-refractivity contribution in [3.05, 3.63) is 36.8 Å². The van der Waals surface area contributed by atoms with E-state index in [1.807, 2.05) is 0 Å². The number of rotatable bonds is 5.